The highest BCUT2D eigenvalue weighted by Gasteiger charge is 2.58. The summed E-state index contributed by atoms with van der Waals surface area (Å²) < 4.78 is 0. The molecule has 0 saturated heterocycles. The number of aliphatic hydroxyl groups excluding tert-OH is 2. The number of hydrogen-bond acceptors (Lipinski definition) is 4. The van der Waals surface area contributed by atoms with Crippen LogP contribution in [0.4, 0.5) is 0 Å². The van der Waals surface area contributed by atoms with Crippen LogP contribution in [-0.2, 0) is 9.59 Å². The Balaban J connectivity index is 2.52. The van der Waals surface area contributed by atoms with Crippen molar-refractivity contribution >= 4 is 12.3 Å². The number of carboxylic acids is 1. The lowest BCUT2D eigenvalue weighted by Crippen LogP contribution is -2.50. The van der Waals surface area contributed by atoms with Crippen molar-refractivity contribution in [2.75, 3.05) is 6.61 Å². The molecule has 106 valence electrons. The monoisotopic (exact) mass is 268 g/mol. The van der Waals surface area contributed by atoms with Gasteiger partial charge in [0.1, 0.15) is 6.29 Å². The van der Waals surface area contributed by atoms with Crippen LogP contribution in [0.3, 0.4) is 0 Å². The fraction of sp³-hybridized carbons (Fsp3) is 0.714. The Morgan fingerprint density at radius 2 is 2.21 bits per heavy atom. The van der Waals surface area contributed by atoms with E-state index in [1.807, 2.05) is 6.92 Å². The Labute approximate surface area is 111 Å². The lowest BCUT2D eigenvalue weighted by Gasteiger charge is -2.47. The molecule has 0 aromatic rings. The molecule has 5 heteroatoms. The minimum atomic E-state index is -1.10. The number of aliphatic hydroxyl groups is 2. The number of fused-ring (bicyclic) bond motifs is 1. The fourth-order valence-corrected chi connectivity index (χ4v) is 4.24. The first-order valence-corrected chi connectivity index (χ1v) is 6.72. The summed E-state index contributed by atoms with van der Waals surface area (Å²) in [5.41, 5.74) is -0.538. The summed E-state index contributed by atoms with van der Waals surface area (Å²) in [6.45, 7) is 1.65. The highest BCUT2D eigenvalue weighted by Crippen LogP contribution is 2.58. The van der Waals surface area contributed by atoms with Gasteiger partial charge in [-0.2, -0.15) is 0 Å². The molecule has 0 aromatic carbocycles. The zero-order valence-electron chi connectivity index (χ0n) is 11.0. The summed E-state index contributed by atoms with van der Waals surface area (Å²) >= 11 is 0. The summed E-state index contributed by atoms with van der Waals surface area (Å²) in [4.78, 5) is 22.5. The van der Waals surface area contributed by atoms with Crippen molar-refractivity contribution < 1.29 is 24.9 Å². The van der Waals surface area contributed by atoms with E-state index in [1.165, 1.54) is 6.08 Å². The van der Waals surface area contributed by atoms with Gasteiger partial charge in [0.15, 0.2) is 0 Å². The third-order valence-electron chi connectivity index (χ3n) is 5.16. The second kappa shape index (κ2) is 5.06. The zero-order chi connectivity index (χ0) is 14.2. The normalized spacial score (nSPS) is 41.5. The molecule has 2 aliphatic carbocycles. The molecule has 0 bridgehead atoms. The fourth-order valence-electron chi connectivity index (χ4n) is 4.24. The topological polar surface area (TPSA) is 94.8 Å². The van der Waals surface area contributed by atoms with Crippen LogP contribution >= 0.6 is 0 Å². The molecule has 0 heterocycles. The summed E-state index contributed by atoms with van der Waals surface area (Å²) in [7, 11) is 0. The lowest BCUT2D eigenvalue weighted by atomic mass is 9.58. The van der Waals surface area contributed by atoms with Gasteiger partial charge in [0.2, 0.25) is 0 Å². The Morgan fingerprint density at radius 1 is 1.53 bits per heavy atom. The molecular formula is C14H20O5. The van der Waals surface area contributed by atoms with Crippen LogP contribution in [0.5, 0.6) is 0 Å². The van der Waals surface area contributed by atoms with Crippen LogP contribution in [0.1, 0.15) is 26.2 Å². The predicted molar refractivity (Wildman–Crippen MR) is 67.3 cm³/mol. The molecule has 0 aromatic heterocycles. The molecule has 19 heavy (non-hydrogen) atoms. The summed E-state index contributed by atoms with van der Waals surface area (Å²) in [5, 5.41) is 29.1. The molecule has 0 aliphatic heterocycles. The van der Waals surface area contributed by atoms with Crippen molar-refractivity contribution in [3.63, 3.8) is 0 Å². The van der Waals surface area contributed by atoms with Crippen LogP contribution < -0.4 is 0 Å². The highest BCUT2D eigenvalue weighted by molar-refractivity contribution is 5.88. The van der Waals surface area contributed by atoms with Gasteiger partial charge in [-0.05, 0) is 31.3 Å². The van der Waals surface area contributed by atoms with Gasteiger partial charge in [0.25, 0.3) is 0 Å². The first-order chi connectivity index (χ1) is 9.02. The molecule has 0 spiro atoms. The SMILES string of the molecule is CCC12[C@H](C=O)CC[C@H]1[C@H](CO)C(C(=O)O)=C[C@@H]2O. The van der Waals surface area contributed by atoms with Crippen molar-refractivity contribution in [2.24, 2.45) is 23.2 Å². The van der Waals surface area contributed by atoms with E-state index in [2.05, 4.69) is 0 Å². The first kappa shape index (κ1) is 14.2. The van der Waals surface area contributed by atoms with E-state index in [4.69, 9.17) is 0 Å². The lowest BCUT2D eigenvalue weighted by molar-refractivity contribution is -0.135. The molecule has 5 nitrogen and oxygen atoms in total. The number of carbonyl (C=O) groups excluding carboxylic acids is 1. The molecule has 0 amide bonds. The number of carboxylic acid groups (broad SMARTS) is 1. The van der Waals surface area contributed by atoms with E-state index in [-0.39, 0.29) is 24.0 Å². The maximum Gasteiger partial charge on any atom is 0.331 e. The van der Waals surface area contributed by atoms with Gasteiger partial charge in [-0.3, -0.25) is 0 Å². The van der Waals surface area contributed by atoms with Gasteiger partial charge < -0.3 is 20.1 Å². The maximum absolute atomic E-state index is 11.3. The van der Waals surface area contributed by atoms with Crippen molar-refractivity contribution in [1.82, 2.24) is 0 Å². The van der Waals surface area contributed by atoms with Crippen LogP contribution in [0.2, 0.25) is 0 Å². The Kier molecular flexibility index (Phi) is 3.78. The van der Waals surface area contributed by atoms with Crippen molar-refractivity contribution in [2.45, 2.75) is 32.3 Å². The van der Waals surface area contributed by atoms with E-state index in [0.717, 1.165) is 6.29 Å². The molecular weight excluding hydrogens is 248 g/mol. The van der Waals surface area contributed by atoms with Gasteiger partial charge in [-0.15, -0.1) is 0 Å². The van der Waals surface area contributed by atoms with Gasteiger partial charge in [-0.1, -0.05) is 6.92 Å². The van der Waals surface area contributed by atoms with Gasteiger partial charge >= 0.3 is 5.97 Å². The maximum atomic E-state index is 11.3. The van der Waals surface area contributed by atoms with E-state index < -0.39 is 23.4 Å². The molecule has 1 unspecified atom stereocenters. The highest BCUT2D eigenvalue weighted by atomic mass is 16.4. The molecule has 1 fully saturated rings. The Bertz CT molecular complexity index is 416. The van der Waals surface area contributed by atoms with E-state index in [1.54, 1.807) is 0 Å². The summed E-state index contributed by atoms with van der Waals surface area (Å²) in [6.07, 6.45) is 3.18. The zero-order valence-corrected chi connectivity index (χ0v) is 11.0. The first-order valence-electron chi connectivity index (χ1n) is 6.72. The second-order valence-corrected chi connectivity index (χ2v) is 5.55. The average molecular weight is 268 g/mol. The minimum Gasteiger partial charge on any atom is -0.478 e. The average Bonchev–Trinajstić information content (AvgIpc) is 2.78. The van der Waals surface area contributed by atoms with Gasteiger partial charge in [0, 0.05) is 22.8 Å². The molecule has 0 radical (unpaired) electrons. The molecule has 3 N–H and O–H groups in total. The van der Waals surface area contributed by atoms with E-state index in [9.17, 15) is 24.9 Å². The van der Waals surface area contributed by atoms with E-state index >= 15 is 0 Å². The summed E-state index contributed by atoms with van der Waals surface area (Å²) in [6, 6.07) is 0. The van der Waals surface area contributed by atoms with Gasteiger partial charge in [0.05, 0.1) is 12.7 Å². The third kappa shape index (κ3) is 1.83. The number of aldehydes is 1. The largest absolute Gasteiger partial charge is 0.478 e. The molecule has 1 saturated carbocycles. The molecule has 2 aliphatic rings. The van der Waals surface area contributed by atoms with Crippen molar-refractivity contribution in [3.05, 3.63) is 11.6 Å². The molecule has 5 atom stereocenters. The number of hydrogen-bond donors (Lipinski definition) is 3. The van der Waals surface area contributed by atoms with E-state index in [0.29, 0.717) is 19.3 Å². The minimum absolute atomic E-state index is 0.0793. The predicted octanol–water partition coefficient (Wildman–Crippen LogP) is 0.602. The van der Waals surface area contributed by atoms with Crippen LogP contribution in [0.15, 0.2) is 11.6 Å². The van der Waals surface area contributed by atoms with Crippen molar-refractivity contribution in [3.8, 4) is 0 Å². The molecule has 2 rings (SSSR count). The Hall–Kier alpha value is -1.20. The Morgan fingerprint density at radius 3 is 2.68 bits per heavy atom. The summed E-state index contributed by atoms with van der Waals surface area (Å²) in [5.74, 6) is -2.01. The quantitative estimate of drug-likeness (QED) is 0.649. The second-order valence-electron chi connectivity index (χ2n) is 5.55. The smallest absolute Gasteiger partial charge is 0.331 e. The number of carbonyl (C=O) groups is 2. The third-order valence-corrected chi connectivity index (χ3v) is 5.16. The van der Waals surface area contributed by atoms with Crippen LogP contribution in [0.25, 0.3) is 0 Å². The van der Waals surface area contributed by atoms with Crippen LogP contribution in [-0.4, -0.2) is 40.3 Å². The van der Waals surface area contributed by atoms with Gasteiger partial charge in [-0.25, -0.2) is 4.79 Å². The number of rotatable bonds is 4. The van der Waals surface area contributed by atoms with Crippen LogP contribution in [0, 0.1) is 23.2 Å². The number of aliphatic carboxylic acids is 1. The van der Waals surface area contributed by atoms with Crippen molar-refractivity contribution in [1.29, 1.82) is 0 Å². The standard InChI is InChI=1S/C14H20O5/c1-2-14-8(6-15)3-4-11(14)10(7-16)9(13(18)19)5-12(14)17/h5-6,8,10-12,16-17H,2-4,7H2,1H3,(H,18,19)/t8-,10+,11-,12-,14?/m0/s1.